The van der Waals surface area contributed by atoms with E-state index >= 15 is 0 Å². The van der Waals surface area contributed by atoms with Crippen LogP contribution >= 0.6 is 11.3 Å². The molecule has 0 saturated carbocycles. The minimum Gasteiger partial charge on any atom is -0.493 e. The Morgan fingerprint density at radius 1 is 1.11 bits per heavy atom. The van der Waals surface area contributed by atoms with E-state index in [4.69, 9.17) is 9.47 Å². The fraction of sp³-hybridized carbons (Fsp3) is 0.259. The van der Waals surface area contributed by atoms with Crippen LogP contribution in [-0.4, -0.2) is 48.9 Å². The van der Waals surface area contributed by atoms with Gasteiger partial charge in [-0.15, -0.1) is 11.3 Å². The van der Waals surface area contributed by atoms with Gasteiger partial charge in [0.1, 0.15) is 0 Å². The second-order valence-corrected chi connectivity index (χ2v) is 9.49. The van der Waals surface area contributed by atoms with Crippen molar-refractivity contribution in [2.45, 2.75) is 18.8 Å². The molecule has 0 aliphatic carbocycles. The number of nitro benzene ring substituents is 1. The number of likely N-dealkylation sites (tertiary alicyclic amines) is 1. The molecule has 10 heteroatoms. The Morgan fingerprint density at radius 2 is 1.84 bits per heavy atom. The summed E-state index contributed by atoms with van der Waals surface area (Å²) < 4.78 is 10.2. The highest BCUT2D eigenvalue weighted by Gasteiger charge is 2.25. The summed E-state index contributed by atoms with van der Waals surface area (Å²) in [5.41, 5.74) is 1.44. The zero-order chi connectivity index (χ0) is 26.4. The first kappa shape index (κ1) is 25.9. The van der Waals surface area contributed by atoms with Crippen molar-refractivity contribution in [3.05, 3.63) is 86.1 Å². The molecule has 1 aliphatic rings. The average molecular weight is 522 g/mol. The molecule has 2 aromatic carbocycles. The number of amides is 2. The molecule has 1 aliphatic heterocycles. The zero-order valence-corrected chi connectivity index (χ0v) is 21.3. The van der Waals surface area contributed by atoms with Crippen LogP contribution in [0.1, 0.15) is 39.6 Å². The van der Waals surface area contributed by atoms with E-state index in [0.717, 1.165) is 29.3 Å². The number of hydrogen-bond acceptors (Lipinski definition) is 7. The number of nitrogens with zero attached hydrogens (tertiary/aromatic N) is 2. The number of carbonyl (C=O) groups is 2. The summed E-state index contributed by atoms with van der Waals surface area (Å²) in [6, 6.07) is 14.0. The van der Waals surface area contributed by atoms with E-state index in [9.17, 15) is 19.7 Å². The highest BCUT2D eigenvalue weighted by Crippen LogP contribution is 2.38. The second kappa shape index (κ2) is 11.7. The van der Waals surface area contributed by atoms with Gasteiger partial charge < -0.3 is 19.7 Å². The Hall–Kier alpha value is -4.18. The van der Waals surface area contributed by atoms with Crippen LogP contribution in [0.25, 0.3) is 6.08 Å². The lowest BCUT2D eigenvalue weighted by Crippen LogP contribution is -2.36. The fourth-order valence-electron chi connectivity index (χ4n) is 4.33. The number of anilines is 1. The van der Waals surface area contributed by atoms with Crippen molar-refractivity contribution in [2.24, 2.45) is 0 Å². The summed E-state index contributed by atoms with van der Waals surface area (Å²) in [5.74, 6) is -0.0909. The maximum atomic E-state index is 12.8. The summed E-state index contributed by atoms with van der Waals surface area (Å²) in [4.78, 5) is 39.0. The summed E-state index contributed by atoms with van der Waals surface area (Å²) >= 11 is 1.60. The molecule has 0 unspecified atom stereocenters. The lowest BCUT2D eigenvalue weighted by atomic mass is 9.89. The molecule has 37 heavy (non-hydrogen) atoms. The van der Waals surface area contributed by atoms with Gasteiger partial charge in [0.25, 0.3) is 5.91 Å². The Kier molecular flexibility index (Phi) is 8.19. The molecule has 1 saturated heterocycles. The number of benzene rings is 2. The Balaban J connectivity index is 1.36. The third kappa shape index (κ3) is 6.15. The zero-order valence-electron chi connectivity index (χ0n) is 20.5. The third-order valence-corrected chi connectivity index (χ3v) is 7.14. The van der Waals surface area contributed by atoms with Gasteiger partial charge in [0, 0.05) is 35.8 Å². The van der Waals surface area contributed by atoms with Crippen LogP contribution in [0.5, 0.6) is 11.5 Å². The van der Waals surface area contributed by atoms with E-state index in [1.165, 1.54) is 20.3 Å². The SMILES string of the molecule is COc1cc(C(=O)Nc2ccc(C3CCN(C(=O)/C=C/c4cccs4)CC3)cc2)cc([N+](=O)[O-])c1OC. The van der Waals surface area contributed by atoms with Gasteiger partial charge in [-0.1, -0.05) is 18.2 Å². The summed E-state index contributed by atoms with van der Waals surface area (Å²) in [6.45, 7) is 1.38. The molecule has 3 aromatic rings. The largest absolute Gasteiger partial charge is 0.493 e. The first-order valence-corrected chi connectivity index (χ1v) is 12.6. The van der Waals surface area contributed by atoms with Crippen molar-refractivity contribution in [1.82, 2.24) is 4.90 Å². The van der Waals surface area contributed by atoms with Crippen molar-refractivity contribution < 1.29 is 24.0 Å². The molecule has 1 aromatic heterocycles. The number of carbonyl (C=O) groups excluding carboxylic acids is 2. The highest BCUT2D eigenvalue weighted by molar-refractivity contribution is 7.10. The summed E-state index contributed by atoms with van der Waals surface area (Å²) in [5, 5.41) is 16.2. The van der Waals surface area contributed by atoms with Crippen LogP contribution in [0.15, 0.2) is 60.0 Å². The number of nitro groups is 1. The standard InChI is InChI=1S/C27H27N3O6S/c1-35-24-17-20(16-23(30(33)34)26(24)36-2)27(32)28-21-7-5-18(6-8-21)19-11-13-29(14-12-19)25(31)10-9-22-4-3-15-37-22/h3-10,15-17,19H,11-14H2,1-2H3,(H,28,32)/b10-9+. The molecule has 0 atom stereocenters. The van der Waals surface area contributed by atoms with Crippen LogP contribution < -0.4 is 14.8 Å². The lowest BCUT2D eigenvalue weighted by molar-refractivity contribution is -0.385. The second-order valence-electron chi connectivity index (χ2n) is 8.51. The number of thiophene rings is 1. The highest BCUT2D eigenvalue weighted by atomic mass is 32.1. The monoisotopic (exact) mass is 521 g/mol. The Bertz CT molecular complexity index is 1300. The molecule has 4 rings (SSSR count). The van der Waals surface area contributed by atoms with Gasteiger partial charge in [-0.05, 0) is 60.0 Å². The quantitative estimate of drug-likeness (QED) is 0.243. The van der Waals surface area contributed by atoms with Crippen molar-refractivity contribution in [3.8, 4) is 11.5 Å². The predicted molar refractivity (Wildman–Crippen MR) is 143 cm³/mol. The Morgan fingerprint density at radius 3 is 2.43 bits per heavy atom. The fourth-order valence-corrected chi connectivity index (χ4v) is 4.95. The van der Waals surface area contributed by atoms with Crippen molar-refractivity contribution in [2.75, 3.05) is 32.6 Å². The Labute approximate surface area is 218 Å². The average Bonchev–Trinajstić information content (AvgIpc) is 3.45. The molecule has 192 valence electrons. The predicted octanol–water partition coefficient (Wildman–Crippen LogP) is 5.35. The van der Waals surface area contributed by atoms with Gasteiger partial charge in [-0.25, -0.2) is 0 Å². The minimum absolute atomic E-state index is 0.0281. The smallest absolute Gasteiger partial charge is 0.315 e. The van der Waals surface area contributed by atoms with E-state index < -0.39 is 10.8 Å². The van der Waals surface area contributed by atoms with Crippen LogP contribution in [0.4, 0.5) is 11.4 Å². The number of ether oxygens (including phenoxy) is 2. The van der Waals surface area contributed by atoms with Crippen molar-refractivity contribution >= 4 is 40.6 Å². The third-order valence-electron chi connectivity index (χ3n) is 6.30. The van der Waals surface area contributed by atoms with Crippen LogP contribution in [0.3, 0.4) is 0 Å². The molecule has 1 fully saturated rings. The van der Waals surface area contributed by atoms with E-state index in [1.54, 1.807) is 17.4 Å². The van der Waals surface area contributed by atoms with Gasteiger partial charge in [-0.3, -0.25) is 19.7 Å². The van der Waals surface area contributed by atoms with Gasteiger partial charge >= 0.3 is 5.69 Å². The normalized spacial score (nSPS) is 13.9. The number of piperidine rings is 1. The van der Waals surface area contributed by atoms with E-state index in [2.05, 4.69) is 5.32 Å². The molecule has 0 bridgehead atoms. The molecule has 9 nitrogen and oxygen atoms in total. The van der Waals surface area contributed by atoms with Crippen molar-refractivity contribution in [3.63, 3.8) is 0 Å². The maximum absolute atomic E-state index is 12.8. The van der Waals surface area contributed by atoms with E-state index in [-0.39, 0.29) is 28.7 Å². The van der Waals surface area contributed by atoms with Crippen LogP contribution in [-0.2, 0) is 4.79 Å². The topological polar surface area (TPSA) is 111 Å². The molecule has 0 radical (unpaired) electrons. The minimum atomic E-state index is -0.619. The molecule has 0 spiro atoms. The van der Waals surface area contributed by atoms with E-state index in [0.29, 0.717) is 24.7 Å². The van der Waals surface area contributed by atoms with Crippen LogP contribution in [0.2, 0.25) is 0 Å². The first-order chi connectivity index (χ1) is 17.9. The number of methoxy groups -OCH3 is 2. The van der Waals surface area contributed by atoms with E-state index in [1.807, 2.05) is 52.8 Å². The van der Waals surface area contributed by atoms with Crippen LogP contribution in [0, 0.1) is 10.1 Å². The van der Waals surface area contributed by atoms with Gasteiger partial charge in [0.2, 0.25) is 11.7 Å². The lowest BCUT2D eigenvalue weighted by Gasteiger charge is -2.31. The molecular formula is C27H27N3O6S. The van der Waals surface area contributed by atoms with Gasteiger partial charge in [0.05, 0.1) is 24.7 Å². The maximum Gasteiger partial charge on any atom is 0.315 e. The number of rotatable bonds is 8. The molecule has 2 heterocycles. The van der Waals surface area contributed by atoms with Gasteiger partial charge in [-0.2, -0.15) is 0 Å². The molecule has 1 N–H and O–H groups in total. The number of hydrogen-bond donors (Lipinski definition) is 1. The summed E-state index contributed by atoms with van der Waals surface area (Å²) in [6.07, 6.45) is 5.21. The number of nitrogens with one attached hydrogen (secondary N) is 1. The first-order valence-electron chi connectivity index (χ1n) is 11.7. The molecular weight excluding hydrogens is 494 g/mol. The van der Waals surface area contributed by atoms with Crippen molar-refractivity contribution in [1.29, 1.82) is 0 Å². The van der Waals surface area contributed by atoms with Gasteiger partial charge in [0.15, 0.2) is 5.75 Å². The molecule has 2 amide bonds. The summed E-state index contributed by atoms with van der Waals surface area (Å²) in [7, 11) is 2.65.